The number of para-hydroxylation sites is 1. The van der Waals surface area contributed by atoms with Gasteiger partial charge in [-0.25, -0.2) is 4.79 Å². The second kappa shape index (κ2) is 14.9. The molecule has 1 heterocycles. The van der Waals surface area contributed by atoms with Gasteiger partial charge in [-0.05, 0) is 29.0 Å². The van der Waals surface area contributed by atoms with E-state index < -0.39 is 36.0 Å². The van der Waals surface area contributed by atoms with Crippen molar-refractivity contribution in [3.05, 3.63) is 71.9 Å². The van der Waals surface area contributed by atoms with Crippen LogP contribution >= 0.6 is 0 Å². The zero-order valence-electron chi connectivity index (χ0n) is 23.6. The van der Waals surface area contributed by atoms with Crippen molar-refractivity contribution in [3.63, 3.8) is 0 Å². The van der Waals surface area contributed by atoms with Crippen LogP contribution in [0.4, 0.5) is 4.79 Å². The lowest BCUT2D eigenvalue weighted by atomic mass is 9.94. The SMILES string of the molecule is CCC(C)C(NC(=O)OCc1ccccc1)C(=O)NC(C(=O)NC(C=O)Cc1c[nH]c2ccccc12)C(C)CC. The second-order valence-electron chi connectivity index (χ2n) is 10.3. The van der Waals surface area contributed by atoms with Crippen molar-refractivity contribution in [2.24, 2.45) is 11.8 Å². The Labute approximate surface area is 235 Å². The number of ether oxygens (including phenoxy) is 1. The number of aromatic nitrogens is 1. The summed E-state index contributed by atoms with van der Waals surface area (Å²) in [6.07, 6.45) is 3.38. The van der Waals surface area contributed by atoms with Crippen LogP contribution in [0.1, 0.15) is 51.7 Å². The van der Waals surface area contributed by atoms with Crippen molar-refractivity contribution < 1.29 is 23.9 Å². The molecule has 0 aliphatic rings. The summed E-state index contributed by atoms with van der Waals surface area (Å²) in [6.45, 7) is 7.62. The minimum atomic E-state index is -0.902. The highest BCUT2D eigenvalue weighted by Crippen LogP contribution is 2.19. The fraction of sp³-hybridized carbons (Fsp3) is 0.419. The molecule has 40 heavy (non-hydrogen) atoms. The van der Waals surface area contributed by atoms with Gasteiger partial charge in [-0.1, -0.05) is 89.1 Å². The summed E-state index contributed by atoms with van der Waals surface area (Å²) >= 11 is 0. The summed E-state index contributed by atoms with van der Waals surface area (Å²) in [5, 5.41) is 9.30. The molecule has 3 aromatic rings. The molecule has 5 atom stereocenters. The average molecular weight is 549 g/mol. The topological polar surface area (TPSA) is 129 Å². The summed E-state index contributed by atoms with van der Waals surface area (Å²) in [7, 11) is 0. The van der Waals surface area contributed by atoms with Crippen molar-refractivity contribution >= 4 is 35.1 Å². The van der Waals surface area contributed by atoms with Gasteiger partial charge in [-0.3, -0.25) is 9.59 Å². The van der Waals surface area contributed by atoms with Gasteiger partial charge in [0.15, 0.2) is 0 Å². The maximum Gasteiger partial charge on any atom is 0.408 e. The van der Waals surface area contributed by atoms with Crippen LogP contribution in [0.5, 0.6) is 0 Å². The standard InChI is InChI=1S/C31H40N4O5/c1-5-20(3)27(29(37)33-24(18-36)16-23-17-32-26-15-11-10-14-25(23)26)34-30(38)28(21(4)6-2)35-31(39)40-19-22-12-8-7-9-13-22/h7-15,17-18,20-21,24,27-28,32H,5-6,16,19H2,1-4H3,(H,33,37)(H,34,38)(H,35,39). The van der Waals surface area contributed by atoms with Crippen LogP contribution in [0.2, 0.25) is 0 Å². The summed E-state index contributed by atoms with van der Waals surface area (Å²) < 4.78 is 5.32. The van der Waals surface area contributed by atoms with Crippen LogP contribution in [0, 0.1) is 11.8 Å². The zero-order chi connectivity index (χ0) is 29.1. The average Bonchev–Trinajstić information content (AvgIpc) is 3.39. The van der Waals surface area contributed by atoms with E-state index in [0.29, 0.717) is 25.5 Å². The number of carbonyl (C=O) groups excluding carboxylic acids is 4. The molecule has 0 bridgehead atoms. The van der Waals surface area contributed by atoms with E-state index in [9.17, 15) is 19.2 Å². The first-order chi connectivity index (χ1) is 19.3. The van der Waals surface area contributed by atoms with Crippen molar-refractivity contribution in [2.75, 3.05) is 0 Å². The monoisotopic (exact) mass is 548 g/mol. The molecule has 0 saturated heterocycles. The van der Waals surface area contributed by atoms with Crippen LogP contribution in [-0.2, 0) is 32.1 Å². The van der Waals surface area contributed by atoms with E-state index in [1.54, 1.807) is 0 Å². The third-order valence-corrected chi connectivity index (χ3v) is 7.38. The van der Waals surface area contributed by atoms with Crippen molar-refractivity contribution in [1.29, 1.82) is 0 Å². The molecule has 0 radical (unpaired) electrons. The molecule has 0 aliphatic carbocycles. The number of aldehydes is 1. The molecule has 0 saturated carbocycles. The fourth-order valence-corrected chi connectivity index (χ4v) is 4.48. The van der Waals surface area contributed by atoms with E-state index in [-0.39, 0.29) is 18.4 Å². The van der Waals surface area contributed by atoms with Gasteiger partial charge < -0.3 is 30.5 Å². The Kier molecular flexibility index (Phi) is 11.3. The second-order valence-corrected chi connectivity index (χ2v) is 10.3. The Morgan fingerprint density at radius 3 is 2.10 bits per heavy atom. The number of fused-ring (bicyclic) bond motifs is 1. The van der Waals surface area contributed by atoms with Crippen LogP contribution in [0.3, 0.4) is 0 Å². The van der Waals surface area contributed by atoms with E-state index in [4.69, 9.17) is 4.74 Å². The highest BCUT2D eigenvalue weighted by atomic mass is 16.5. The molecular weight excluding hydrogens is 508 g/mol. The van der Waals surface area contributed by atoms with Crippen molar-refractivity contribution in [3.8, 4) is 0 Å². The Morgan fingerprint density at radius 1 is 0.850 bits per heavy atom. The van der Waals surface area contributed by atoms with Crippen LogP contribution < -0.4 is 16.0 Å². The molecular formula is C31H40N4O5. The third-order valence-electron chi connectivity index (χ3n) is 7.38. The quantitative estimate of drug-likeness (QED) is 0.224. The highest BCUT2D eigenvalue weighted by molar-refractivity contribution is 5.92. The molecule has 5 unspecified atom stereocenters. The van der Waals surface area contributed by atoms with Gasteiger partial charge in [0.05, 0.1) is 6.04 Å². The van der Waals surface area contributed by atoms with Crippen LogP contribution in [0.25, 0.3) is 10.9 Å². The van der Waals surface area contributed by atoms with Crippen LogP contribution in [0.15, 0.2) is 60.8 Å². The lowest BCUT2D eigenvalue weighted by Gasteiger charge is -2.29. The number of benzene rings is 2. The number of hydrogen-bond donors (Lipinski definition) is 4. The Morgan fingerprint density at radius 2 is 1.45 bits per heavy atom. The number of carbonyl (C=O) groups is 4. The smallest absolute Gasteiger partial charge is 0.408 e. The molecule has 1 aromatic heterocycles. The molecule has 9 nitrogen and oxygen atoms in total. The largest absolute Gasteiger partial charge is 0.445 e. The molecule has 3 rings (SSSR count). The highest BCUT2D eigenvalue weighted by Gasteiger charge is 2.33. The maximum absolute atomic E-state index is 13.4. The number of rotatable bonds is 14. The molecule has 9 heteroatoms. The molecule has 0 aliphatic heterocycles. The number of alkyl carbamates (subject to hydrolysis) is 1. The van der Waals surface area contributed by atoms with Gasteiger partial charge in [0, 0.05) is 23.5 Å². The summed E-state index contributed by atoms with van der Waals surface area (Å²) in [5.41, 5.74) is 2.68. The maximum atomic E-state index is 13.4. The first kappa shape index (κ1) is 30.4. The van der Waals surface area contributed by atoms with Gasteiger partial charge >= 0.3 is 6.09 Å². The zero-order valence-corrected chi connectivity index (χ0v) is 23.6. The van der Waals surface area contributed by atoms with Gasteiger partial charge in [0.25, 0.3) is 0 Å². The van der Waals surface area contributed by atoms with E-state index in [0.717, 1.165) is 22.0 Å². The van der Waals surface area contributed by atoms with Crippen molar-refractivity contribution in [2.45, 2.75) is 71.7 Å². The molecule has 3 amide bonds. The molecule has 0 fully saturated rings. The van der Waals surface area contributed by atoms with Gasteiger partial charge in [-0.2, -0.15) is 0 Å². The van der Waals surface area contributed by atoms with Gasteiger partial charge in [0.1, 0.15) is 25.0 Å². The minimum absolute atomic E-state index is 0.0724. The van der Waals surface area contributed by atoms with Gasteiger partial charge in [-0.15, -0.1) is 0 Å². The third kappa shape index (κ3) is 8.18. The number of nitrogens with one attached hydrogen (secondary N) is 4. The van der Waals surface area contributed by atoms with E-state index in [1.807, 2.05) is 88.5 Å². The summed E-state index contributed by atoms with van der Waals surface area (Å²) in [5.74, 6) is -1.36. The molecule has 0 spiro atoms. The Bertz CT molecular complexity index is 1270. The Balaban J connectivity index is 1.67. The first-order valence-electron chi connectivity index (χ1n) is 13.9. The van der Waals surface area contributed by atoms with E-state index in [1.165, 1.54) is 0 Å². The van der Waals surface area contributed by atoms with E-state index in [2.05, 4.69) is 20.9 Å². The number of hydrogen-bond acceptors (Lipinski definition) is 5. The van der Waals surface area contributed by atoms with Crippen LogP contribution in [-0.4, -0.2) is 47.3 Å². The molecule has 214 valence electrons. The molecule has 4 N–H and O–H groups in total. The minimum Gasteiger partial charge on any atom is -0.445 e. The number of H-pyrrole nitrogens is 1. The van der Waals surface area contributed by atoms with Gasteiger partial charge in [0.2, 0.25) is 11.8 Å². The normalized spacial score (nSPS) is 14.8. The number of amides is 3. The Hall–Kier alpha value is -4.14. The number of aromatic amines is 1. The molecule has 2 aromatic carbocycles. The first-order valence-corrected chi connectivity index (χ1v) is 13.9. The summed E-state index contributed by atoms with van der Waals surface area (Å²) in [6, 6.07) is 14.4. The van der Waals surface area contributed by atoms with E-state index >= 15 is 0 Å². The fourth-order valence-electron chi connectivity index (χ4n) is 4.48. The predicted octanol–water partition coefficient (Wildman–Crippen LogP) is 4.27. The van der Waals surface area contributed by atoms with Crippen molar-refractivity contribution in [1.82, 2.24) is 20.9 Å². The predicted molar refractivity (Wildman–Crippen MR) is 154 cm³/mol. The lowest BCUT2D eigenvalue weighted by molar-refractivity contribution is -0.132. The summed E-state index contributed by atoms with van der Waals surface area (Å²) in [4.78, 5) is 54.5. The lowest BCUT2D eigenvalue weighted by Crippen LogP contribution is -2.58.